The van der Waals surface area contributed by atoms with Gasteiger partial charge >= 0.3 is 15.6 Å². The number of nitrogens with one attached hydrogen (secondary N) is 2. The molecule has 6 unspecified atom stereocenters. The van der Waals surface area contributed by atoms with Gasteiger partial charge in [0.25, 0.3) is 11.1 Å². The van der Waals surface area contributed by atoms with Crippen molar-refractivity contribution in [1.29, 1.82) is 0 Å². The first kappa shape index (κ1) is 30.3. The lowest BCUT2D eigenvalue weighted by Gasteiger charge is -2.26. The first-order chi connectivity index (χ1) is 21.3. The van der Waals surface area contributed by atoms with Crippen molar-refractivity contribution in [3.05, 3.63) is 39.7 Å². The molecule has 1 aliphatic carbocycles. The van der Waals surface area contributed by atoms with Crippen molar-refractivity contribution in [2.75, 3.05) is 18.9 Å². The number of ether oxygens (including phenoxy) is 1. The van der Waals surface area contributed by atoms with Gasteiger partial charge < -0.3 is 40.0 Å². The van der Waals surface area contributed by atoms with E-state index < -0.39 is 88.7 Å². The number of fused-ring (bicyclic) bond motifs is 5. The third-order valence-corrected chi connectivity index (χ3v) is 9.83. The van der Waals surface area contributed by atoms with Gasteiger partial charge in [0.15, 0.2) is 28.6 Å². The number of hydrogen-bond donors (Lipinski definition) is 7. The van der Waals surface area contributed by atoms with Gasteiger partial charge in [-0.25, -0.2) is 24.1 Å². The summed E-state index contributed by atoms with van der Waals surface area (Å²) < 4.78 is 55.7. The Morgan fingerprint density at radius 2 is 1.56 bits per heavy atom. The van der Waals surface area contributed by atoms with E-state index in [1.54, 1.807) is 0 Å². The summed E-state index contributed by atoms with van der Waals surface area (Å²) in [5.41, 5.74) is 4.25. The van der Waals surface area contributed by atoms with Gasteiger partial charge in [0, 0.05) is 5.92 Å². The van der Waals surface area contributed by atoms with E-state index in [2.05, 4.69) is 29.9 Å². The first-order valence-electron chi connectivity index (χ1n) is 13.3. The second-order valence-corrected chi connectivity index (χ2v) is 13.4. The predicted molar refractivity (Wildman–Crippen MR) is 145 cm³/mol. The van der Waals surface area contributed by atoms with Gasteiger partial charge in [-0.2, -0.15) is 4.98 Å². The largest absolute Gasteiger partial charge is 0.472 e. The molecule has 6 heterocycles. The number of aliphatic hydroxyl groups is 2. The maximum atomic E-state index is 13.2. The molecule has 8 N–H and O–H groups in total. The minimum atomic E-state index is -5.05. The van der Waals surface area contributed by atoms with Crippen LogP contribution in [0.2, 0.25) is 0 Å². The van der Waals surface area contributed by atoms with Crippen LogP contribution in [0.4, 0.5) is 5.95 Å². The van der Waals surface area contributed by atoms with Crippen LogP contribution in [-0.2, 0) is 32.0 Å². The van der Waals surface area contributed by atoms with Crippen molar-refractivity contribution in [1.82, 2.24) is 39.0 Å². The number of nitrogen functional groups attached to an aromatic ring is 1. The van der Waals surface area contributed by atoms with Gasteiger partial charge in [-0.1, -0.05) is 0 Å². The summed E-state index contributed by atoms with van der Waals surface area (Å²) in [6, 6.07) is -1.01. The van der Waals surface area contributed by atoms with Gasteiger partial charge in [0.1, 0.15) is 24.4 Å². The summed E-state index contributed by atoms with van der Waals surface area (Å²) in [4.78, 5) is 66.5. The van der Waals surface area contributed by atoms with Gasteiger partial charge in [0.05, 0.1) is 44.3 Å². The van der Waals surface area contributed by atoms with Crippen LogP contribution in [0.3, 0.4) is 0 Å². The first-order valence-corrected chi connectivity index (χ1v) is 16.3. The summed E-state index contributed by atoms with van der Waals surface area (Å²) in [6.45, 7) is -1.44. The number of H-pyrrole nitrogens is 2. The molecule has 22 nitrogen and oxygen atoms in total. The molecule has 0 radical (unpaired) electrons. The Bertz CT molecular complexity index is 2000. The summed E-state index contributed by atoms with van der Waals surface area (Å²) in [5, 5.41) is 22.2. The Morgan fingerprint density at radius 3 is 2.31 bits per heavy atom. The summed E-state index contributed by atoms with van der Waals surface area (Å²) >= 11 is 0. The molecule has 2 aliphatic heterocycles. The van der Waals surface area contributed by atoms with Gasteiger partial charge in [-0.05, 0) is 6.42 Å². The number of hydrogen-bond acceptors (Lipinski definition) is 16. The number of nitrogens with zero attached hydrogens (tertiary/aromatic N) is 6. The van der Waals surface area contributed by atoms with Gasteiger partial charge in [-0.3, -0.25) is 37.2 Å². The van der Waals surface area contributed by atoms with E-state index in [1.807, 2.05) is 0 Å². The van der Waals surface area contributed by atoms with Crippen LogP contribution in [0.25, 0.3) is 22.3 Å². The average Bonchev–Trinajstić information content (AvgIpc) is 3.72. The SMILES string of the molecule is Nc1nc2c(ncn2[C@@H]2C[C@@H]3COP(=O)(O)OC4C(O)[C@H](n5cnc6c(=O)[nH]cnc65)O[C@@H]4COP(=O)(O)OC2C3O)c(=O)[nH]1. The van der Waals surface area contributed by atoms with Crippen molar-refractivity contribution < 1.29 is 52.0 Å². The highest BCUT2D eigenvalue weighted by molar-refractivity contribution is 7.47. The molecular formula is C21H25N9O13P2. The van der Waals surface area contributed by atoms with Crippen molar-refractivity contribution in [3.8, 4) is 0 Å². The van der Waals surface area contributed by atoms with Crippen LogP contribution in [0.1, 0.15) is 18.7 Å². The molecule has 24 heteroatoms. The van der Waals surface area contributed by atoms with Crippen LogP contribution >= 0.6 is 15.6 Å². The molecule has 3 aliphatic rings. The summed E-state index contributed by atoms with van der Waals surface area (Å²) in [6.07, 6.45) is -5.99. The second-order valence-electron chi connectivity index (χ2n) is 10.6. The molecule has 4 aromatic heterocycles. The fraction of sp³-hybridized carbons (Fsp3) is 0.524. The number of aromatic amines is 2. The standard InChI is InChI=1S/C21H25N9O13P2/c22-21-27-17-11(19(34)28-21)25-5-29(17)8-1-7-2-39-44(35,36)43-15-9(3-40-45(37,38)42-14(8)12(7)31)41-20(13(15)32)30-6-26-10-16(30)23-4-24-18(10)33/h4-9,12-15,20,31-32H,1-3H2,(H,35,36)(H,37,38)(H,23,24,33)(H3,22,27,28,34)/t7-,8-,9-,12?,13?,14?,15?,20-/m1/s1. The summed E-state index contributed by atoms with van der Waals surface area (Å²) in [5.74, 6) is -1.23. The normalized spacial score (nSPS) is 37.7. The van der Waals surface area contributed by atoms with Crippen molar-refractivity contribution in [3.63, 3.8) is 0 Å². The lowest BCUT2D eigenvalue weighted by atomic mass is 10.1. The molecule has 10 atom stereocenters. The van der Waals surface area contributed by atoms with Crippen LogP contribution in [-0.4, -0.2) is 103 Å². The van der Waals surface area contributed by atoms with Gasteiger partial charge in [0.2, 0.25) is 5.95 Å². The van der Waals surface area contributed by atoms with E-state index in [4.69, 9.17) is 28.6 Å². The fourth-order valence-electron chi connectivity index (χ4n) is 5.83. The molecule has 3 fully saturated rings. The molecule has 0 aromatic carbocycles. The van der Waals surface area contributed by atoms with Crippen LogP contribution in [0.5, 0.6) is 0 Å². The van der Waals surface area contributed by atoms with E-state index in [0.717, 1.165) is 12.7 Å². The molecular weight excluding hydrogens is 648 g/mol. The minimum Gasteiger partial charge on any atom is -0.390 e. The molecule has 2 saturated heterocycles. The maximum absolute atomic E-state index is 13.2. The van der Waals surface area contributed by atoms with Crippen molar-refractivity contribution >= 4 is 43.9 Å². The number of rotatable bonds is 2. The van der Waals surface area contributed by atoms with Crippen molar-refractivity contribution in [2.24, 2.45) is 5.92 Å². The topological polar surface area (TPSA) is 314 Å². The average molecular weight is 673 g/mol. The molecule has 7 rings (SSSR count). The van der Waals surface area contributed by atoms with Crippen LogP contribution in [0.15, 0.2) is 28.6 Å². The molecule has 242 valence electrons. The van der Waals surface area contributed by atoms with E-state index in [-0.39, 0.29) is 34.7 Å². The van der Waals surface area contributed by atoms with E-state index in [0.29, 0.717) is 0 Å². The molecule has 1 saturated carbocycles. The van der Waals surface area contributed by atoms with Crippen LogP contribution < -0.4 is 16.9 Å². The number of phosphoric ester groups is 2. The van der Waals surface area contributed by atoms with E-state index in [1.165, 1.54) is 15.5 Å². The smallest absolute Gasteiger partial charge is 0.390 e. The number of aliphatic hydroxyl groups excluding tert-OH is 2. The lowest BCUT2D eigenvalue weighted by Crippen LogP contribution is -2.36. The number of aromatic nitrogens is 8. The molecule has 4 aromatic rings. The number of phosphoric acid groups is 2. The Labute approximate surface area is 249 Å². The van der Waals surface area contributed by atoms with Gasteiger partial charge in [-0.15, -0.1) is 0 Å². The highest BCUT2D eigenvalue weighted by Gasteiger charge is 2.53. The predicted octanol–water partition coefficient (Wildman–Crippen LogP) is -1.97. The molecule has 2 bridgehead atoms. The number of nitrogens with two attached hydrogens (primary N) is 1. The lowest BCUT2D eigenvalue weighted by molar-refractivity contribution is -0.0553. The molecule has 45 heavy (non-hydrogen) atoms. The zero-order valence-electron chi connectivity index (χ0n) is 22.6. The zero-order chi connectivity index (χ0) is 31.8. The molecule has 0 amide bonds. The maximum Gasteiger partial charge on any atom is 0.472 e. The summed E-state index contributed by atoms with van der Waals surface area (Å²) in [7, 11) is -10.1. The monoisotopic (exact) mass is 673 g/mol. The van der Waals surface area contributed by atoms with Crippen molar-refractivity contribution in [2.45, 2.75) is 49.2 Å². The highest BCUT2D eigenvalue weighted by Crippen LogP contribution is 2.55. The minimum absolute atomic E-state index is 0.000941. The fourth-order valence-corrected chi connectivity index (χ4v) is 7.80. The Kier molecular flexibility index (Phi) is 7.30. The third-order valence-electron chi connectivity index (χ3n) is 7.86. The highest BCUT2D eigenvalue weighted by atomic mass is 31.2. The van der Waals surface area contributed by atoms with Crippen LogP contribution in [0, 0.1) is 5.92 Å². The van der Waals surface area contributed by atoms with E-state index >= 15 is 0 Å². The Morgan fingerprint density at radius 1 is 0.889 bits per heavy atom. The quantitative estimate of drug-likeness (QED) is 0.113. The molecule has 0 spiro atoms. The van der Waals surface area contributed by atoms with E-state index in [9.17, 15) is 38.7 Å². The number of imidazole rings is 2. The Balaban J connectivity index is 1.21. The number of anilines is 1. The third kappa shape index (κ3) is 5.32. The second kappa shape index (κ2) is 10.9. The zero-order valence-corrected chi connectivity index (χ0v) is 24.4. The Hall–Kier alpha value is -3.40.